The molecular formula is C11H22N4. The van der Waals surface area contributed by atoms with Gasteiger partial charge in [0.05, 0.1) is 12.4 Å². The normalized spacial score (nSPS) is 9.20. The van der Waals surface area contributed by atoms with Crippen LogP contribution in [0.3, 0.4) is 0 Å². The van der Waals surface area contributed by atoms with Crippen LogP contribution in [-0.4, -0.2) is 28.5 Å². The molecule has 0 bridgehead atoms. The first-order valence-electron chi connectivity index (χ1n) is 5.70. The minimum Gasteiger partial charge on any atom is -0.317 e. The van der Waals surface area contributed by atoms with Gasteiger partial charge in [-0.3, -0.25) is 0 Å². The maximum atomic E-state index is 3.42. The van der Waals surface area contributed by atoms with Crippen molar-refractivity contribution >= 4 is 0 Å². The number of nitrogens with zero attached hydrogens (tertiary/aromatic N) is 3. The van der Waals surface area contributed by atoms with Crippen LogP contribution in [0.2, 0.25) is 0 Å². The van der Waals surface area contributed by atoms with Gasteiger partial charge in [0.2, 0.25) is 0 Å². The quantitative estimate of drug-likeness (QED) is 0.730. The highest BCUT2D eigenvalue weighted by atomic mass is 15.3. The van der Waals surface area contributed by atoms with Crippen molar-refractivity contribution in [2.45, 2.75) is 39.5 Å². The Labute approximate surface area is 92.5 Å². The van der Waals surface area contributed by atoms with E-state index in [1.807, 2.05) is 0 Å². The van der Waals surface area contributed by atoms with Crippen LogP contribution in [0.15, 0.2) is 18.5 Å². The van der Waals surface area contributed by atoms with E-state index in [-0.39, 0.29) is 0 Å². The summed E-state index contributed by atoms with van der Waals surface area (Å²) >= 11 is 0. The smallest absolute Gasteiger partial charge is 0.0529 e. The predicted molar refractivity (Wildman–Crippen MR) is 62.5 cm³/mol. The zero-order chi connectivity index (χ0) is 11.2. The zero-order valence-corrected chi connectivity index (χ0v) is 9.82. The summed E-state index contributed by atoms with van der Waals surface area (Å²) in [6.07, 6.45) is 8.41. The molecule has 0 spiro atoms. The number of aromatic nitrogens is 3. The standard InChI is InChI=1S/C8H19N.C3H3N3/c1-3-5-7-9-8-6-4-2;1-2-4-6-5-3-1/h9H,3-8H2,1-2H3;1-3H. The second-order valence-electron chi connectivity index (χ2n) is 3.27. The second kappa shape index (κ2) is 13.0. The van der Waals surface area contributed by atoms with Gasteiger partial charge in [0, 0.05) is 0 Å². The van der Waals surface area contributed by atoms with Crippen LogP contribution < -0.4 is 5.32 Å². The molecule has 1 rings (SSSR count). The highest BCUT2D eigenvalue weighted by Gasteiger charge is 1.83. The summed E-state index contributed by atoms with van der Waals surface area (Å²) in [7, 11) is 0. The van der Waals surface area contributed by atoms with Gasteiger partial charge in [-0.2, -0.15) is 0 Å². The van der Waals surface area contributed by atoms with Crippen molar-refractivity contribution in [3.05, 3.63) is 18.5 Å². The predicted octanol–water partition coefficient (Wildman–Crippen LogP) is 2.05. The first kappa shape index (κ1) is 14.0. The molecule has 0 saturated carbocycles. The topological polar surface area (TPSA) is 50.7 Å². The molecule has 0 amide bonds. The number of hydrogen-bond acceptors (Lipinski definition) is 4. The molecule has 1 heterocycles. The van der Waals surface area contributed by atoms with Crippen molar-refractivity contribution in [1.82, 2.24) is 20.7 Å². The van der Waals surface area contributed by atoms with Crippen molar-refractivity contribution in [3.63, 3.8) is 0 Å². The fraction of sp³-hybridized carbons (Fsp3) is 0.727. The SMILES string of the molecule is CCCCNCCCC.c1cnnnc1. The fourth-order valence-corrected chi connectivity index (χ4v) is 0.933. The summed E-state index contributed by atoms with van der Waals surface area (Å²) in [5, 5.41) is 13.5. The average molecular weight is 210 g/mol. The van der Waals surface area contributed by atoms with Crippen LogP contribution in [0.5, 0.6) is 0 Å². The Bertz CT molecular complexity index is 158. The molecule has 0 unspecified atom stereocenters. The highest BCUT2D eigenvalue weighted by molar-refractivity contribution is 4.69. The van der Waals surface area contributed by atoms with Gasteiger partial charge in [-0.05, 0) is 37.2 Å². The van der Waals surface area contributed by atoms with E-state index >= 15 is 0 Å². The van der Waals surface area contributed by atoms with Gasteiger partial charge in [-0.1, -0.05) is 26.7 Å². The summed E-state index contributed by atoms with van der Waals surface area (Å²) in [5.74, 6) is 0. The van der Waals surface area contributed by atoms with E-state index < -0.39 is 0 Å². The van der Waals surface area contributed by atoms with Crippen LogP contribution in [0, 0.1) is 0 Å². The Morgan fingerprint density at radius 3 is 1.73 bits per heavy atom. The second-order valence-corrected chi connectivity index (χ2v) is 3.27. The number of unbranched alkanes of at least 4 members (excludes halogenated alkanes) is 2. The lowest BCUT2D eigenvalue weighted by Gasteiger charge is -1.99. The monoisotopic (exact) mass is 210 g/mol. The molecule has 0 aliphatic rings. The molecule has 0 aliphatic carbocycles. The van der Waals surface area contributed by atoms with E-state index in [4.69, 9.17) is 0 Å². The lowest BCUT2D eigenvalue weighted by Crippen LogP contribution is -2.15. The van der Waals surface area contributed by atoms with Crippen LogP contribution in [0.25, 0.3) is 0 Å². The van der Waals surface area contributed by atoms with Gasteiger partial charge in [0.15, 0.2) is 0 Å². The van der Waals surface area contributed by atoms with Crippen LogP contribution in [0.4, 0.5) is 0 Å². The average Bonchev–Trinajstić information content (AvgIpc) is 2.32. The van der Waals surface area contributed by atoms with Gasteiger partial charge in [-0.15, -0.1) is 10.2 Å². The molecule has 4 nitrogen and oxygen atoms in total. The first-order valence-corrected chi connectivity index (χ1v) is 5.70. The molecule has 86 valence electrons. The zero-order valence-electron chi connectivity index (χ0n) is 9.82. The Kier molecular flexibility index (Phi) is 12.1. The lowest BCUT2D eigenvalue weighted by atomic mass is 10.3. The van der Waals surface area contributed by atoms with E-state index in [2.05, 4.69) is 34.6 Å². The van der Waals surface area contributed by atoms with Crippen LogP contribution >= 0.6 is 0 Å². The Morgan fingerprint density at radius 1 is 0.933 bits per heavy atom. The molecule has 15 heavy (non-hydrogen) atoms. The third-order valence-corrected chi connectivity index (χ3v) is 1.82. The maximum absolute atomic E-state index is 3.42. The fourth-order valence-electron chi connectivity index (χ4n) is 0.933. The molecule has 1 N–H and O–H groups in total. The maximum Gasteiger partial charge on any atom is 0.0529 e. The minimum absolute atomic E-state index is 1.20. The summed E-state index contributed by atoms with van der Waals surface area (Å²) in [6.45, 7) is 6.86. The molecule has 0 aromatic carbocycles. The van der Waals surface area contributed by atoms with E-state index in [9.17, 15) is 0 Å². The number of nitrogens with one attached hydrogen (secondary N) is 1. The summed E-state index contributed by atoms with van der Waals surface area (Å²) < 4.78 is 0. The van der Waals surface area contributed by atoms with Gasteiger partial charge in [-0.25, -0.2) is 0 Å². The number of hydrogen-bond donors (Lipinski definition) is 1. The van der Waals surface area contributed by atoms with Gasteiger partial charge in [0.25, 0.3) is 0 Å². The van der Waals surface area contributed by atoms with Gasteiger partial charge < -0.3 is 5.32 Å². The molecule has 0 fully saturated rings. The third kappa shape index (κ3) is 13.0. The molecule has 0 atom stereocenters. The lowest BCUT2D eigenvalue weighted by molar-refractivity contribution is 0.611. The van der Waals surface area contributed by atoms with E-state index in [1.54, 1.807) is 18.5 Å². The third-order valence-electron chi connectivity index (χ3n) is 1.82. The molecule has 0 saturated heterocycles. The molecular weight excluding hydrogens is 188 g/mol. The number of rotatable bonds is 6. The van der Waals surface area contributed by atoms with E-state index in [0.717, 1.165) is 0 Å². The van der Waals surface area contributed by atoms with Crippen LogP contribution in [0.1, 0.15) is 39.5 Å². The molecule has 1 aromatic rings. The van der Waals surface area contributed by atoms with Crippen LogP contribution in [-0.2, 0) is 0 Å². The summed E-state index contributed by atoms with van der Waals surface area (Å²) in [4.78, 5) is 0. The van der Waals surface area contributed by atoms with E-state index in [1.165, 1.54) is 38.8 Å². The Morgan fingerprint density at radius 2 is 1.47 bits per heavy atom. The molecule has 0 aliphatic heterocycles. The first-order chi connectivity index (χ1) is 7.41. The van der Waals surface area contributed by atoms with Gasteiger partial charge >= 0.3 is 0 Å². The van der Waals surface area contributed by atoms with Crippen molar-refractivity contribution < 1.29 is 0 Å². The van der Waals surface area contributed by atoms with Crippen molar-refractivity contribution in [2.75, 3.05) is 13.1 Å². The van der Waals surface area contributed by atoms with E-state index in [0.29, 0.717) is 0 Å². The minimum atomic E-state index is 1.20. The Balaban J connectivity index is 0.000000280. The summed E-state index contributed by atoms with van der Waals surface area (Å²) in [6, 6.07) is 1.72. The van der Waals surface area contributed by atoms with Gasteiger partial charge in [0.1, 0.15) is 0 Å². The van der Waals surface area contributed by atoms with Crippen molar-refractivity contribution in [3.8, 4) is 0 Å². The molecule has 0 radical (unpaired) electrons. The highest BCUT2D eigenvalue weighted by Crippen LogP contribution is 1.85. The largest absolute Gasteiger partial charge is 0.317 e. The Hall–Kier alpha value is -1.03. The molecule has 4 heteroatoms. The van der Waals surface area contributed by atoms with Crippen molar-refractivity contribution in [2.24, 2.45) is 0 Å². The van der Waals surface area contributed by atoms with Crippen molar-refractivity contribution in [1.29, 1.82) is 0 Å². The molecule has 1 aromatic heterocycles. The summed E-state index contributed by atoms with van der Waals surface area (Å²) in [5.41, 5.74) is 0.